The third-order valence-electron chi connectivity index (χ3n) is 10.8. The number of halogens is 1. The maximum atomic E-state index is 13.4. The number of carbonyl (C=O) groups excluding carboxylic acids is 3. The first kappa shape index (κ1) is 34.8. The van der Waals surface area contributed by atoms with Crippen LogP contribution in [0.25, 0.3) is 22.0 Å². The summed E-state index contributed by atoms with van der Waals surface area (Å²) in [6.07, 6.45) is 8.73. The number of methoxy groups -OCH3 is 1. The molecular formula is C38H44ClN7O5. The van der Waals surface area contributed by atoms with Crippen LogP contribution in [0, 0.1) is 11.8 Å². The first-order chi connectivity index (χ1) is 24.7. The zero-order valence-electron chi connectivity index (χ0n) is 29.0. The molecule has 51 heavy (non-hydrogen) atoms. The molecule has 2 aromatic heterocycles. The number of aromatic amines is 1. The zero-order chi connectivity index (χ0) is 35.6. The Bertz CT molecular complexity index is 1990. The number of imide groups is 1. The molecule has 3 N–H and O–H groups in total. The van der Waals surface area contributed by atoms with Crippen LogP contribution in [-0.2, 0) is 27.9 Å². The Morgan fingerprint density at radius 2 is 1.76 bits per heavy atom. The first-order valence-electron chi connectivity index (χ1n) is 17.8. The van der Waals surface area contributed by atoms with E-state index in [1.807, 2.05) is 36.4 Å². The van der Waals surface area contributed by atoms with Crippen LogP contribution < -0.4 is 25.8 Å². The molecule has 2 aromatic carbocycles. The lowest BCUT2D eigenvalue weighted by Crippen LogP contribution is -2.47. The average molecular weight is 714 g/mol. The number of carbonyl (C=O) groups is 3. The van der Waals surface area contributed by atoms with Crippen molar-refractivity contribution in [1.29, 1.82) is 0 Å². The highest BCUT2D eigenvalue weighted by atomic mass is 35.5. The van der Waals surface area contributed by atoms with E-state index in [2.05, 4.69) is 30.6 Å². The van der Waals surface area contributed by atoms with Gasteiger partial charge in [-0.1, -0.05) is 11.6 Å². The summed E-state index contributed by atoms with van der Waals surface area (Å²) in [7, 11) is 3.38. The van der Waals surface area contributed by atoms with Crippen LogP contribution in [0.3, 0.4) is 0 Å². The maximum Gasteiger partial charge on any atom is 0.276 e. The minimum Gasteiger partial charge on any atom is -0.496 e. The molecule has 0 bridgehead atoms. The molecule has 3 aliphatic rings. The molecule has 5 heterocycles. The van der Waals surface area contributed by atoms with Crippen molar-refractivity contribution < 1.29 is 19.1 Å². The monoisotopic (exact) mass is 713 g/mol. The second-order valence-corrected chi connectivity index (χ2v) is 14.5. The molecule has 7 rings (SSSR count). The van der Waals surface area contributed by atoms with E-state index >= 15 is 0 Å². The molecule has 1 atom stereocenters. The molecule has 3 saturated heterocycles. The lowest BCUT2D eigenvalue weighted by Gasteiger charge is -2.35. The highest BCUT2D eigenvalue weighted by molar-refractivity contribution is 6.32. The number of aromatic nitrogens is 3. The Labute approximate surface area is 301 Å². The van der Waals surface area contributed by atoms with E-state index in [-0.39, 0.29) is 23.3 Å². The number of benzene rings is 2. The van der Waals surface area contributed by atoms with Gasteiger partial charge in [0.05, 0.1) is 19.9 Å². The van der Waals surface area contributed by atoms with Gasteiger partial charge < -0.3 is 19.5 Å². The molecule has 0 spiro atoms. The van der Waals surface area contributed by atoms with Gasteiger partial charge in [0.15, 0.2) is 0 Å². The number of hydrogen-bond donors (Lipinski definition) is 3. The fourth-order valence-electron chi connectivity index (χ4n) is 7.78. The number of H-pyrrole nitrogens is 1. The van der Waals surface area contributed by atoms with E-state index in [0.717, 1.165) is 97.5 Å². The summed E-state index contributed by atoms with van der Waals surface area (Å²) in [4.78, 5) is 54.0. The minimum absolute atomic E-state index is 0.0735. The summed E-state index contributed by atoms with van der Waals surface area (Å²) in [5.74, 6) is 1.06. The molecule has 2 amide bonds. The lowest BCUT2D eigenvalue weighted by atomic mass is 9.88. The fourth-order valence-corrected chi connectivity index (χ4v) is 8.06. The Balaban J connectivity index is 0.886. The molecule has 1 unspecified atom stereocenters. The smallest absolute Gasteiger partial charge is 0.276 e. The van der Waals surface area contributed by atoms with E-state index in [1.165, 1.54) is 0 Å². The second-order valence-electron chi connectivity index (χ2n) is 14.1. The lowest BCUT2D eigenvalue weighted by molar-refractivity contribution is -0.133. The van der Waals surface area contributed by atoms with Crippen LogP contribution in [-0.4, -0.2) is 83.1 Å². The Morgan fingerprint density at radius 1 is 1.02 bits per heavy atom. The van der Waals surface area contributed by atoms with E-state index in [0.29, 0.717) is 41.6 Å². The minimum atomic E-state index is -0.406. The number of Topliss-reactive ketones (excluding diaryl/α,β-unsaturated/α-hetero) is 1. The number of ether oxygens (including phenoxy) is 1. The van der Waals surface area contributed by atoms with Crippen LogP contribution in [0.1, 0.15) is 44.1 Å². The van der Waals surface area contributed by atoms with E-state index in [9.17, 15) is 19.2 Å². The molecule has 4 aromatic rings. The first-order valence-corrected chi connectivity index (χ1v) is 18.1. The van der Waals surface area contributed by atoms with E-state index < -0.39 is 6.04 Å². The number of hydrogen-bond acceptors (Lipinski definition) is 9. The predicted molar refractivity (Wildman–Crippen MR) is 197 cm³/mol. The Morgan fingerprint density at radius 3 is 2.47 bits per heavy atom. The second kappa shape index (κ2) is 14.9. The number of rotatable bonds is 10. The number of likely N-dealkylation sites (tertiary alicyclic amines) is 1. The van der Waals surface area contributed by atoms with Crippen molar-refractivity contribution in [3.8, 4) is 16.9 Å². The highest BCUT2D eigenvalue weighted by Crippen LogP contribution is 2.38. The van der Waals surface area contributed by atoms with E-state index in [4.69, 9.17) is 16.3 Å². The van der Waals surface area contributed by atoms with Crippen LogP contribution in [0.5, 0.6) is 5.75 Å². The predicted octanol–water partition coefficient (Wildman–Crippen LogP) is 4.55. The van der Waals surface area contributed by atoms with Gasteiger partial charge >= 0.3 is 0 Å². The van der Waals surface area contributed by atoms with Crippen LogP contribution in [0.2, 0.25) is 5.02 Å². The molecule has 0 saturated carbocycles. The summed E-state index contributed by atoms with van der Waals surface area (Å²) >= 11 is 6.91. The van der Waals surface area contributed by atoms with Crippen molar-refractivity contribution >= 4 is 51.5 Å². The molecule has 268 valence electrons. The van der Waals surface area contributed by atoms with Crippen molar-refractivity contribution in [2.24, 2.45) is 18.9 Å². The normalized spacial score (nSPS) is 19.4. The van der Waals surface area contributed by atoms with Gasteiger partial charge in [-0.15, -0.1) is 0 Å². The molecule has 13 heteroatoms. The molecule has 12 nitrogen and oxygen atoms in total. The number of aryl methyl sites for hydroxylation is 1. The molecule has 3 aliphatic heterocycles. The molecule has 3 fully saturated rings. The maximum absolute atomic E-state index is 13.4. The number of fused-ring (bicyclic) bond motifs is 1. The number of amides is 2. The van der Waals surface area contributed by atoms with Gasteiger partial charge in [-0.3, -0.25) is 34.5 Å². The van der Waals surface area contributed by atoms with Crippen LogP contribution in [0.15, 0.2) is 53.6 Å². The highest BCUT2D eigenvalue weighted by Gasteiger charge is 2.30. The van der Waals surface area contributed by atoms with Crippen molar-refractivity contribution in [1.82, 2.24) is 25.0 Å². The van der Waals surface area contributed by atoms with Gasteiger partial charge in [0.2, 0.25) is 11.8 Å². The summed E-state index contributed by atoms with van der Waals surface area (Å²) in [6, 6.07) is 11.6. The topological polar surface area (TPSA) is 142 Å². The summed E-state index contributed by atoms with van der Waals surface area (Å²) in [5.41, 5.74) is 4.96. The van der Waals surface area contributed by atoms with Gasteiger partial charge in [0, 0.05) is 71.6 Å². The molecule has 0 radical (unpaired) electrons. The van der Waals surface area contributed by atoms with Crippen molar-refractivity contribution in [2.45, 2.75) is 51.0 Å². The van der Waals surface area contributed by atoms with Gasteiger partial charge in [0.1, 0.15) is 23.1 Å². The van der Waals surface area contributed by atoms with Gasteiger partial charge in [-0.05, 0) is 99.5 Å². The van der Waals surface area contributed by atoms with Gasteiger partial charge in [-0.2, -0.15) is 5.10 Å². The average Bonchev–Trinajstić information content (AvgIpc) is 3.63. The number of nitrogens with one attached hydrogen (secondary N) is 3. The van der Waals surface area contributed by atoms with Gasteiger partial charge in [-0.25, -0.2) is 0 Å². The molecular weight excluding hydrogens is 670 g/mol. The number of pyridine rings is 1. The summed E-state index contributed by atoms with van der Waals surface area (Å²) in [5, 5.41) is 13.9. The van der Waals surface area contributed by atoms with Crippen molar-refractivity contribution in [3.05, 3.63) is 69.7 Å². The van der Waals surface area contributed by atoms with E-state index in [1.54, 1.807) is 31.1 Å². The SMILES string of the molecule is COc1cc(-c2cn(C)c(=O)c3[nH]ncc23)cc(Cl)c1CC1CCN(CC(=O)C2CCN(c3ccc(NC4CCC(=O)NC4=O)cc3)CC2)CC1. The number of nitrogens with zero attached hydrogens (tertiary/aromatic N) is 4. The number of ketones is 1. The zero-order valence-corrected chi connectivity index (χ0v) is 29.8. The largest absolute Gasteiger partial charge is 0.496 e. The quantitative estimate of drug-likeness (QED) is 0.202. The van der Waals surface area contributed by atoms with Crippen molar-refractivity contribution in [2.75, 3.05) is 50.1 Å². The number of anilines is 2. The third kappa shape index (κ3) is 7.52. The summed E-state index contributed by atoms with van der Waals surface area (Å²) in [6.45, 7) is 3.91. The molecule has 0 aliphatic carbocycles. The third-order valence-corrected chi connectivity index (χ3v) is 11.2. The van der Waals surface area contributed by atoms with Crippen molar-refractivity contribution in [3.63, 3.8) is 0 Å². The number of piperidine rings is 3. The fraction of sp³-hybridized carbons (Fsp3) is 0.447. The van der Waals surface area contributed by atoms with Crippen LogP contribution >= 0.6 is 11.6 Å². The Hall–Kier alpha value is -4.68. The Kier molecular flexibility index (Phi) is 10.1. The van der Waals surface area contributed by atoms with Gasteiger partial charge in [0.25, 0.3) is 5.56 Å². The summed E-state index contributed by atoms with van der Waals surface area (Å²) < 4.78 is 7.37. The van der Waals surface area contributed by atoms with Crippen LogP contribution in [0.4, 0.5) is 11.4 Å². The standard InChI is InChI=1S/C38H44ClN7O5/c1-44-21-30(29-20-40-43-36(29)38(44)50)25-18-31(39)28(34(19-25)51-2)17-23-9-13-45(14-10-23)22-33(47)24-11-15-46(16-12-24)27-5-3-26(4-6-27)41-32-7-8-35(48)42-37(32)49/h3-6,18-21,23-24,32,41H,7-17,22H2,1-2H3,(H,40,43)(H,42,48,49).